The predicted octanol–water partition coefficient (Wildman–Crippen LogP) is 1.70. The summed E-state index contributed by atoms with van der Waals surface area (Å²) < 4.78 is 0. The molecule has 0 aromatic carbocycles. The van der Waals surface area contributed by atoms with Gasteiger partial charge in [-0.25, -0.2) is 5.32 Å². The molecule has 3 nitrogen and oxygen atoms in total. The molecule has 1 radical (unpaired) electrons. The van der Waals surface area contributed by atoms with Gasteiger partial charge in [-0.05, 0) is 46.0 Å². The number of hydrogen-bond donors (Lipinski definition) is 1. The highest BCUT2D eigenvalue weighted by Gasteiger charge is 2.17. The van der Waals surface area contributed by atoms with E-state index in [0.717, 1.165) is 19.5 Å². The third kappa shape index (κ3) is 5.78. The van der Waals surface area contributed by atoms with Gasteiger partial charge in [0.1, 0.15) is 0 Å². The van der Waals surface area contributed by atoms with Gasteiger partial charge in [0.05, 0.1) is 0 Å². The summed E-state index contributed by atoms with van der Waals surface area (Å²) in [6.07, 6.45) is 4.08. The summed E-state index contributed by atoms with van der Waals surface area (Å²) in [6, 6.07) is 0. The van der Waals surface area contributed by atoms with Crippen molar-refractivity contribution in [2.24, 2.45) is 5.92 Å². The SMILES string of the molecule is CC(C)(C)NC(=O)CCC1CCC[N]C1. The Hall–Kier alpha value is -0.570. The zero-order chi connectivity index (χ0) is 11.3. The molecule has 1 fully saturated rings. The number of rotatable bonds is 3. The van der Waals surface area contributed by atoms with Crippen LogP contribution in [0.25, 0.3) is 0 Å². The lowest BCUT2D eigenvalue weighted by atomic mass is 9.94. The highest BCUT2D eigenvalue weighted by Crippen LogP contribution is 2.16. The van der Waals surface area contributed by atoms with E-state index in [1.165, 1.54) is 12.8 Å². The molecule has 1 aliphatic heterocycles. The molecule has 1 rings (SSSR count). The molecule has 0 spiro atoms. The molecule has 0 bridgehead atoms. The van der Waals surface area contributed by atoms with E-state index in [1.807, 2.05) is 20.8 Å². The first-order chi connectivity index (χ1) is 6.97. The third-order valence-electron chi connectivity index (χ3n) is 2.61. The smallest absolute Gasteiger partial charge is 0.220 e. The van der Waals surface area contributed by atoms with Crippen molar-refractivity contribution in [3.05, 3.63) is 0 Å². The average molecular weight is 211 g/mol. The summed E-state index contributed by atoms with van der Waals surface area (Å²) in [5.41, 5.74) is -0.103. The maximum Gasteiger partial charge on any atom is 0.220 e. The van der Waals surface area contributed by atoms with E-state index in [2.05, 4.69) is 10.6 Å². The summed E-state index contributed by atoms with van der Waals surface area (Å²) >= 11 is 0. The largest absolute Gasteiger partial charge is 0.352 e. The second-order valence-corrected chi connectivity index (χ2v) is 5.47. The van der Waals surface area contributed by atoms with Crippen molar-refractivity contribution in [1.29, 1.82) is 0 Å². The quantitative estimate of drug-likeness (QED) is 0.758. The van der Waals surface area contributed by atoms with Gasteiger partial charge in [-0.15, -0.1) is 0 Å². The molecule has 1 unspecified atom stereocenters. The van der Waals surface area contributed by atoms with Crippen LogP contribution in [0.2, 0.25) is 0 Å². The van der Waals surface area contributed by atoms with E-state index in [9.17, 15) is 4.79 Å². The second kappa shape index (κ2) is 5.50. The van der Waals surface area contributed by atoms with Gasteiger partial charge >= 0.3 is 0 Å². The Morgan fingerprint density at radius 3 is 2.73 bits per heavy atom. The fourth-order valence-corrected chi connectivity index (χ4v) is 1.91. The van der Waals surface area contributed by atoms with E-state index >= 15 is 0 Å². The van der Waals surface area contributed by atoms with Crippen molar-refractivity contribution >= 4 is 5.91 Å². The molecule has 87 valence electrons. The van der Waals surface area contributed by atoms with E-state index < -0.39 is 0 Å². The van der Waals surface area contributed by atoms with Crippen LogP contribution in [0.15, 0.2) is 0 Å². The topological polar surface area (TPSA) is 43.2 Å². The zero-order valence-electron chi connectivity index (χ0n) is 10.2. The van der Waals surface area contributed by atoms with Gasteiger partial charge in [-0.3, -0.25) is 4.79 Å². The normalized spacial score (nSPS) is 22.5. The first kappa shape index (κ1) is 12.5. The lowest BCUT2D eigenvalue weighted by Crippen LogP contribution is -2.40. The molecule has 1 amide bonds. The standard InChI is InChI=1S/C12H23N2O/c1-12(2,3)14-11(15)7-6-10-5-4-8-13-9-10/h10H,4-9H2,1-3H3,(H,14,15). The van der Waals surface area contributed by atoms with Crippen LogP contribution in [-0.4, -0.2) is 24.5 Å². The number of carbonyl (C=O) groups is 1. The lowest BCUT2D eigenvalue weighted by molar-refractivity contribution is -0.122. The van der Waals surface area contributed by atoms with Crippen LogP contribution >= 0.6 is 0 Å². The van der Waals surface area contributed by atoms with E-state index in [-0.39, 0.29) is 11.4 Å². The molecule has 1 aliphatic rings. The van der Waals surface area contributed by atoms with Crippen LogP contribution < -0.4 is 10.6 Å². The van der Waals surface area contributed by atoms with Crippen molar-refractivity contribution in [1.82, 2.24) is 10.6 Å². The van der Waals surface area contributed by atoms with E-state index in [0.29, 0.717) is 12.3 Å². The minimum atomic E-state index is -0.103. The van der Waals surface area contributed by atoms with Gasteiger partial charge < -0.3 is 5.32 Å². The van der Waals surface area contributed by atoms with Gasteiger partial charge in [0.15, 0.2) is 0 Å². The summed E-state index contributed by atoms with van der Waals surface area (Å²) in [7, 11) is 0. The minimum Gasteiger partial charge on any atom is -0.352 e. The molecular formula is C12H23N2O. The number of nitrogens with zero attached hydrogens (tertiary/aromatic N) is 1. The van der Waals surface area contributed by atoms with Gasteiger partial charge in [0.25, 0.3) is 0 Å². The molecule has 0 aromatic rings. The number of nitrogens with one attached hydrogen (secondary N) is 1. The number of carbonyl (C=O) groups excluding carboxylic acids is 1. The van der Waals surface area contributed by atoms with Crippen molar-refractivity contribution in [3.63, 3.8) is 0 Å². The van der Waals surface area contributed by atoms with Crippen LogP contribution in [0.5, 0.6) is 0 Å². The minimum absolute atomic E-state index is 0.103. The number of hydrogen-bond acceptors (Lipinski definition) is 1. The highest BCUT2D eigenvalue weighted by atomic mass is 16.1. The number of amides is 1. The lowest BCUT2D eigenvalue weighted by Gasteiger charge is -2.23. The summed E-state index contributed by atoms with van der Waals surface area (Å²) in [5, 5.41) is 7.37. The van der Waals surface area contributed by atoms with Crippen molar-refractivity contribution in [3.8, 4) is 0 Å². The second-order valence-electron chi connectivity index (χ2n) is 5.47. The fraction of sp³-hybridized carbons (Fsp3) is 0.917. The highest BCUT2D eigenvalue weighted by molar-refractivity contribution is 5.76. The zero-order valence-corrected chi connectivity index (χ0v) is 10.2. The van der Waals surface area contributed by atoms with Crippen LogP contribution in [0.3, 0.4) is 0 Å². The Morgan fingerprint density at radius 1 is 1.47 bits per heavy atom. The van der Waals surface area contributed by atoms with Crippen molar-refractivity contribution in [2.45, 2.75) is 52.0 Å². The van der Waals surface area contributed by atoms with Gasteiger partial charge in [-0.2, -0.15) is 0 Å². The van der Waals surface area contributed by atoms with Crippen LogP contribution in [0.1, 0.15) is 46.5 Å². The molecule has 1 heterocycles. The van der Waals surface area contributed by atoms with Gasteiger partial charge in [-0.1, -0.05) is 0 Å². The Morgan fingerprint density at radius 2 is 2.20 bits per heavy atom. The molecule has 3 heteroatoms. The van der Waals surface area contributed by atoms with E-state index in [4.69, 9.17) is 0 Å². The molecular weight excluding hydrogens is 188 g/mol. The Kier molecular flexibility index (Phi) is 4.58. The van der Waals surface area contributed by atoms with Gasteiger partial charge in [0.2, 0.25) is 5.91 Å². The fourth-order valence-electron chi connectivity index (χ4n) is 1.91. The molecule has 0 aliphatic carbocycles. The Labute approximate surface area is 93.0 Å². The summed E-state index contributed by atoms with van der Waals surface area (Å²) in [6.45, 7) is 8.02. The Bertz CT molecular complexity index is 202. The van der Waals surface area contributed by atoms with Crippen LogP contribution in [0.4, 0.5) is 0 Å². The molecule has 15 heavy (non-hydrogen) atoms. The van der Waals surface area contributed by atoms with Gasteiger partial charge in [0, 0.05) is 25.0 Å². The van der Waals surface area contributed by atoms with Crippen molar-refractivity contribution in [2.75, 3.05) is 13.1 Å². The van der Waals surface area contributed by atoms with E-state index in [1.54, 1.807) is 0 Å². The monoisotopic (exact) mass is 211 g/mol. The maximum atomic E-state index is 11.6. The average Bonchev–Trinajstić information content (AvgIpc) is 2.14. The van der Waals surface area contributed by atoms with Crippen molar-refractivity contribution < 1.29 is 4.79 Å². The number of piperidine rings is 1. The first-order valence-corrected chi connectivity index (χ1v) is 5.91. The summed E-state index contributed by atoms with van der Waals surface area (Å²) in [5.74, 6) is 0.817. The third-order valence-corrected chi connectivity index (χ3v) is 2.61. The molecule has 1 N–H and O–H groups in total. The van der Waals surface area contributed by atoms with Crippen LogP contribution in [-0.2, 0) is 4.79 Å². The molecule has 1 atom stereocenters. The molecule has 1 saturated heterocycles. The molecule has 0 saturated carbocycles. The van der Waals surface area contributed by atoms with Crippen LogP contribution in [0, 0.1) is 5.92 Å². The first-order valence-electron chi connectivity index (χ1n) is 5.91. The molecule has 0 aromatic heterocycles. The Balaban J connectivity index is 2.15. The maximum absolute atomic E-state index is 11.6. The summed E-state index contributed by atoms with van der Waals surface area (Å²) in [4.78, 5) is 11.6. The predicted molar refractivity (Wildman–Crippen MR) is 61.7 cm³/mol.